The van der Waals surface area contributed by atoms with Gasteiger partial charge in [-0.1, -0.05) is 45.9 Å². The zero-order valence-corrected chi connectivity index (χ0v) is 23.7. The average Bonchev–Trinajstić information content (AvgIpc) is 2.88. The van der Waals surface area contributed by atoms with Crippen molar-refractivity contribution in [3.05, 3.63) is 70.0 Å². The van der Waals surface area contributed by atoms with Gasteiger partial charge in [0.25, 0.3) is 0 Å². The van der Waals surface area contributed by atoms with Crippen molar-refractivity contribution in [2.24, 2.45) is 11.6 Å². The number of aliphatic hydroxyl groups is 3. The fourth-order valence-corrected chi connectivity index (χ4v) is 3.78. The van der Waals surface area contributed by atoms with Crippen LogP contribution in [0.15, 0.2) is 58.8 Å². The van der Waals surface area contributed by atoms with Gasteiger partial charge in [0.1, 0.15) is 36.9 Å². The maximum absolute atomic E-state index is 10.2. The van der Waals surface area contributed by atoms with E-state index in [0.717, 1.165) is 15.6 Å². The first-order valence-corrected chi connectivity index (χ1v) is 13.1. The highest BCUT2D eigenvalue weighted by atomic mass is 79.9. The van der Waals surface area contributed by atoms with Crippen molar-refractivity contribution in [2.45, 2.75) is 45.3 Å². The van der Waals surface area contributed by atoms with E-state index in [2.05, 4.69) is 29.8 Å². The second kappa shape index (κ2) is 16.0. The number of alkyl halides is 1. The Morgan fingerprint density at radius 3 is 2.17 bits per heavy atom. The molecule has 0 amide bonds. The van der Waals surface area contributed by atoms with Gasteiger partial charge >= 0.3 is 0 Å². The summed E-state index contributed by atoms with van der Waals surface area (Å²) in [6.07, 6.45) is -0.396. The summed E-state index contributed by atoms with van der Waals surface area (Å²) in [5.74, 6) is 7.13. The van der Waals surface area contributed by atoms with Gasteiger partial charge in [-0.25, -0.2) is 5.84 Å². The fraction of sp³-hybridized carbons (Fsp3) is 0.462. The van der Waals surface area contributed by atoms with Crippen LogP contribution in [0.1, 0.15) is 38.8 Å². The number of aliphatic hydroxyl groups excluding tert-OH is 3. The minimum atomic E-state index is -0.869. The second-order valence-electron chi connectivity index (χ2n) is 8.35. The van der Waals surface area contributed by atoms with Crippen molar-refractivity contribution in [2.75, 3.05) is 32.2 Å². The molecule has 2 rings (SSSR count). The predicted octanol–water partition coefficient (Wildman–Crippen LogP) is 3.49. The molecule has 2 aromatic rings. The van der Waals surface area contributed by atoms with Gasteiger partial charge in [-0.2, -0.15) is 0 Å². The smallest absolute Gasteiger partial charge is 0.133 e. The Balaban J connectivity index is 0.00000316. The Morgan fingerprint density at radius 1 is 1.06 bits per heavy atom. The van der Waals surface area contributed by atoms with Crippen molar-refractivity contribution < 1.29 is 24.8 Å². The van der Waals surface area contributed by atoms with Crippen LogP contribution < -0.4 is 21.1 Å². The van der Waals surface area contributed by atoms with Gasteiger partial charge in [-0.05, 0) is 51.3 Å². The number of benzene rings is 2. The van der Waals surface area contributed by atoms with Crippen LogP contribution in [0.25, 0.3) is 0 Å². The third-order valence-electron chi connectivity index (χ3n) is 5.41. The van der Waals surface area contributed by atoms with Gasteiger partial charge in [-0.15, -0.1) is 11.6 Å². The SMILES string of the molecule is CC.CC(C)(c1ccc(OCC(O)CN(N)/C(=C\N)CO)cc1)c1ccc(OCC(O)CCl)c(Br)c1. The Kier molecular flexibility index (Phi) is 14.2. The maximum atomic E-state index is 10.2. The van der Waals surface area contributed by atoms with E-state index in [0.29, 0.717) is 17.2 Å². The van der Waals surface area contributed by atoms with Crippen LogP contribution in [0.5, 0.6) is 11.5 Å². The van der Waals surface area contributed by atoms with E-state index >= 15 is 0 Å². The molecular weight excluding hydrogens is 550 g/mol. The van der Waals surface area contributed by atoms with Crippen LogP contribution in [0.4, 0.5) is 0 Å². The van der Waals surface area contributed by atoms with Gasteiger partial charge < -0.3 is 35.5 Å². The van der Waals surface area contributed by atoms with Gasteiger partial charge in [0.05, 0.1) is 29.2 Å². The quantitative estimate of drug-likeness (QED) is 0.136. The molecule has 0 aliphatic heterocycles. The zero-order valence-electron chi connectivity index (χ0n) is 21.3. The number of hydrazine groups is 1. The normalized spacial score (nSPS) is 13.3. The average molecular weight is 589 g/mol. The minimum Gasteiger partial charge on any atom is -0.491 e. The molecule has 2 aromatic carbocycles. The predicted molar refractivity (Wildman–Crippen MR) is 148 cm³/mol. The largest absolute Gasteiger partial charge is 0.491 e. The molecule has 0 saturated carbocycles. The topological polar surface area (TPSA) is 134 Å². The van der Waals surface area contributed by atoms with Crippen molar-refractivity contribution in [1.82, 2.24) is 5.01 Å². The number of hydrogen-bond acceptors (Lipinski definition) is 8. The summed E-state index contributed by atoms with van der Waals surface area (Å²) < 4.78 is 12.1. The van der Waals surface area contributed by atoms with Gasteiger partial charge in [-0.3, -0.25) is 0 Å². The van der Waals surface area contributed by atoms with E-state index in [4.69, 9.17) is 37.8 Å². The molecule has 0 fully saturated rings. The van der Waals surface area contributed by atoms with E-state index in [9.17, 15) is 10.2 Å². The lowest BCUT2D eigenvalue weighted by Gasteiger charge is -2.27. The molecule has 0 aromatic heterocycles. The van der Waals surface area contributed by atoms with Crippen LogP contribution in [-0.2, 0) is 5.41 Å². The number of rotatable bonds is 13. The molecule has 0 aliphatic carbocycles. The molecule has 202 valence electrons. The highest BCUT2D eigenvalue weighted by Gasteiger charge is 2.24. The standard InChI is InChI=1S/C24H33BrClN3O5.C2H6/c1-24(2,17-5-8-23(22(25)9-17)34-14-19(31)10-26)16-3-6-21(7-4-16)33-15-20(32)12-29(28)18(11-27)13-30;1-2/h3-9,11,19-20,30-32H,10,12-15,27-28H2,1-2H3;1-2H3/b18-11-;. The first-order valence-electron chi connectivity index (χ1n) is 11.7. The molecule has 0 aliphatic rings. The lowest BCUT2D eigenvalue weighted by atomic mass is 9.78. The third-order valence-corrected chi connectivity index (χ3v) is 6.39. The lowest BCUT2D eigenvalue weighted by molar-refractivity contribution is 0.0745. The van der Waals surface area contributed by atoms with E-state index in [1.165, 1.54) is 11.2 Å². The molecule has 2 atom stereocenters. The van der Waals surface area contributed by atoms with Gasteiger partial charge in [0.2, 0.25) is 0 Å². The number of halogens is 2. The lowest BCUT2D eigenvalue weighted by Crippen LogP contribution is -2.40. The summed E-state index contributed by atoms with van der Waals surface area (Å²) in [4.78, 5) is 0. The number of hydrogen-bond donors (Lipinski definition) is 5. The molecule has 10 heteroatoms. The van der Waals surface area contributed by atoms with E-state index in [1.54, 1.807) is 0 Å². The molecule has 7 N–H and O–H groups in total. The van der Waals surface area contributed by atoms with Crippen LogP contribution >= 0.6 is 27.5 Å². The Hall–Kier alpha value is -2.01. The molecular formula is C26H39BrClN3O5. The highest BCUT2D eigenvalue weighted by molar-refractivity contribution is 9.10. The van der Waals surface area contributed by atoms with Crippen LogP contribution in [-0.4, -0.2) is 64.8 Å². The molecule has 8 nitrogen and oxygen atoms in total. The molecule has 36 heavy (non-hydrogen) atoms. The molecule has 2 unspecified atom stereocenters. The molecule has 0 radical (unpaired) electrons. The van der Waals surface area contributed by atoms with E-state index < -0.39 is 12.2 Å². The number of nitrogens with zero attached hydrogens (tertiary/aromatic N) is 1. The van der Waals surface area contributed by atoms with E-state index in [-0.39, 0.29) is 37.7 Å². The monoisotopic (exact) mass is 587 g/mol. The summed E-state index contributed by atoms with van der Waals surface area (Å²) in [6, 6.07) is 13.5. The fourth-order valence-electron chi connectivity index (χ4n) is 3.20. The molecule has 0 bridgehead atoms. The van der Waals surface area contributed by atoms with Crippen molar-refractivity contribution in [1.29, 1.82) is 0 Å². The summed E-state index contributed by atoms with van der Waals surface area (Å²) in [5, 5.41) is 30.1. The first-order chi connectivity index (χ1) is 17.1. The summed E-state index contributed by atoms with van der Waals surface area (Å²) >= 11 is 9.16. The van der Waals surface area contributed by atoms with Crippen molar-refractivity contribution in [3.8, 4) is 11.5 Å². The number of nitrogens with two attached hydrogens (primary N) is 2. The van der Waals surface area contributed by atoms with Gasteiger partial charge in [0, 0.05) is 11.6 Å². The molecule has 0 saturated heterocycles. The summed E-state index contributed by atoms with van der Waals surface area (Å²) in [7, 11) is 0. The highest BCUT2D eigenvalue weighted by Crippen LogP contribution is 2.36. The number of ether oxygens (including phenoxy) is 2. The molecule has 0 spiro atoms. The maximum Gasteiger partial charge on any atom is 0.133 e. The Morgan fingerprint density at radius 2 is 1.64 bits per heavy atom. The summed E-state index contributed by atoms with van der Waals surface area (Å²) in [6.45, 7) is 8.13. The zero-order chi connectivity index (χ0) is 27.3. The van der Waals surface area contributed by atoms with Crippen molar-refractivity contribution in [3.63, 3.8) is 0 Å². The Bertz CT molecular complexity index is 944. The first kappa shape index (κ1) is 32.0. The van der Waals surface area contributed by atoms with Crippen LogP contribution in [0.2, 0.25) is 0 Å². The molecule has 0 heterocycles. The summed E-state index contributed by atoms with van der Waals surface area (Å²) in [5.41, 5.74) is 7.54. The van der Waals surface area contributed by atoms with Crippen LogP contribution in [0, 0.1) is 0 Å². The van der Waals surface area contributed by atoms with Crippen molar-refractivity contribution >= 4 is 27.5 Å². The van der Waals surface area contributed by atoms with Gasteiger partial charge in [0.15, 0.2) is 0 Å². The van der Waals surface area contributed by atoms with Crippen LogP contribution in [0.3, 0.4) is 0 Å². The third kappa shape index (κ3) is 9.46. The Labute approximate surface area is 227 Å². The van der Waals surface area contributed by atoms with E-state index in [1.807, 2.05) is 56.3 Å². The second-order valence-corrected chi connectivity index (χ2v) is 9.51. The minimum absolute atomic E-state index is 0.0343.